The van der Waals surface area contributed by atoms with E-state index in [1.807, 2.05) is 6.07 Å². The molecule has 0 atom stereocenters. The van der Waals surface area contributed by atoms with Crippen LogP contribution in [-0.4, -0.2) is 11.0 Å². The molecule has 2 N–H and O–H groups in total. The molecule has 0 unspecified atom stereocenters. The van der Waals surface area contributed by atoms with Crippen molar-refractivity contribution < 1.29 is 9.21 Å². The molecule has 5 nitrogen and oxygen atoms in total. The Morgan fingerprint density at radius 3 is 2.62 bits per heavy atom. The predicted molar refractivity (Wildman–Crippen MR) is 97.8 cm³/mol. The molecule has 122 valence electrons. The van der Waals surface area contributed by atoms with Crippen LogP contribution in [0.4, 0.5) is 16.5 Å². The standard InChI is InChI=1S/C16H10BrCl2N3O2/c17-11-3-1-2-4-14(11)22(15(20)23)16-21-13(8-24-16)10-6-5-9(18)7-12(10)19/h1-8H,(H2,20,23). The third kappa shape index (κ3) is 3.26. The number of carbonyl (C=O) groups excluding carboxylic acids is 1. The van der Waals surface area contributed by atoms with E-state index in [0.29, 0.717) is 31.5 Å². The molecule has 0 saturated carbocycles. The van der Waals surface area contributed by atoms with E-state index >= 15 is 0 Å². The van der Waals surface area contributed by atoms with Crippen LogP contribution in [0.15, 0.2) is 57.6 Å². The summed E-state index contributed by atoms with van der Waals surface area (Å²) < 4.78 is 6.11. The van der Waals surface area contributed by atoms with Gasteiger partial charge in [0.25, 0.3) is 0 Å². The van der Waals surface area contributed by atoms with Gasteiger partial charge in [0.05, 0.1) is 10.7 Å². The van der Waals surface area contributed by atoms with Gasteiger partial charge in [0.15, 0.2) is 0 Å². The average molecular weight is 427 g/mol. The zero-order valence-corrected chi connectivity index (χ0v) is 15.1. The number of oxazole rings is 1. The topological polar surface area (TPSA) is 72.4 Å². The van der Waals surface area contributed by atoms with E-state index in [1.165, 1.54) is 6.26 Å². The van der Waals surface area contributed by atoms with Gasteiger partial charge in [-0.15, -0.1) is 0 Å². The van der Waals surface area contributed by atoms with Crippen LogP contribution in [0.25, 0.3) is 11.3 Å². The Labute approximate surface area is 156 Å². The highest BCUT2D eigenvalue weighted by Crippen LogP contribution is 2.35. The van der Waals surface area contributed by atoms with Gasteiger partial charge in [0.2, 0.25) is 0 Å². The maximum atomic E-state index is 11.9. The third-order valence-corrected chi connectivity index (χ3v) is 4.42. The van der Waals surface area contributed by atoms with Gasteiger partial charge in [-0.1, -0.05) is 35.3 Å². The lowest BCUT2D eigenvalue weighted by atomic mass is 10.2. The molecule has 0 aliphatic heterocycles. The Morgan fingerprint density at radius 2 is 1.96 bits per heavy atom. The molecule has 3 aromatic rings. The number of rotatable bonds is 3. The van der Waals surface area contributed by atoms with Gasteiger partial charge in [-0.3, -0.25) is 0 Å². The van der Waals surface area contributed by atoms with E-state index in [-0.39, 0.29) is 6.01 Å². The predicted octanol–water partition coefficient (Wildman–Crippen LogP) is 5.63. The largest absolute Gasteiger partial charge is 0.431 e. The van der Waals surface area contributed by atoms with Crippen LogP contribution in [-0.2, 0) is 0 Å². The van der Waals surface area contributed by atoms with E-state index in [1.54, 1.807) is 36.4 Å². The number of benzene rings is 2. The molecule has 1 heterocycles. The molecule has 0 fully saturated rings. The molecule has 1 aromatic heterocycles. The SMILES string of the molecule is NC(=O)N(c1nc(-c2ccc(Cl)cc2Cl)co1)c1ccccc1Br. The summed E-state index contributed by atoms with van der Waals surface area (Å²) in [5.41, 5.74) is 7.10. The Bertz CT molecular complexity index is 914. The van der Waals surface area contributed by atoms with Gasteiger partial charge in [-0.2, -0.15) is 4.98 Å². The molecule has 2 aromatic carbocycles. The molecular formula is C16H10BrCl2N3O2. The highest BCUT2D eigenvalue weighted by atomic mass is 79.9. The summed E-state index contributed by atoms with van der Waals surface area (Å²) in [5, 5.41) is 0.938. The minimum atomic E-state index is -0.725. The quantitative estimate of drug-likeness (QED) is 0.589. The number of carbonyl (C=O) groups is 1. The second-order valence-electron chi connectivity index (χ2n) is 4.76. The first-order valence-electron chi connectivity index (χ1n) is 6.72. The smallest absolute Gasteiger partial charge is 0.327 e. The number of amides is 2. The van der Waals surface area contributed by atoms with E-state index in [2.05, 4.69) is 20.9 Å². The fraction of sp³-hybridized carbons (Fsp3) is 0. The van der Waals surface area contributed by atoms with E-state index in [4.69, 9.17) is 33.4 Å². The lowest BCUT2D eigenvalue weighted by Gasteiger charge is -2.17. The summed E-state index contributed by atoms with van der Waals surface area (Å²) in [7, 11) is 0. The fourth-order valence-corrected chi connectivity index (χ4v) is 3.10. The van der Waals surface area contributed by atoms with Gasteiger partial charge in [0.1, 0.15) is 12.0 Å². The molecule has 24 heavy (non-hydrogen) atoms. The molecular weight excluding hydrogens is 417 g/mol. The highest BCUT2D eigenvalue weighted by Gasteiger charge is 2.23. The first-order chi connectivity index (χ1) is 11.5. The van der Waals surface area contributed by atoms with Gasteiger partial charge in [-0.05, 0) is 46.3 Å². The maximum Gasteiger partial charge on any atom is 0.327 e. The Balaban J connectivity index is 2.04. The van der Waals surface area contributed by atoms with Crippen molar-refractivity contribution in [2.75, 3.05) is 4.90 Å². The molecule has 8 heteroatoms. The van der Waals surface area contributed by atoms with E-state index in [9.17, 15) is 4.79 Å². The van der Waals surface area contributed by atoms with Crippen molar-refractivity contribution in [1.29, 1.82) is 0 Å². The number of hydrogen-bond acceptors (Lipinski definition) is 3. The summed E-state index contributed by atoms with van der Waals surface area (Å²) in [4.78, 5) is 17.4. The molecule has 3 rings (SSSR count). The van der Waals surface area contributed by atoms with Crippen LogP contribution in [0.5, 0.6) is 0 Å². The van der Waals surface area contributed by atoms with Crippen molar-refractivity contribution in [2.45, 2.75) is 0 Å². The Morgan fingerprint density at radius 1 is 1.21 bits per heavy atom. The molecule has 0 bridgehead atoms. The number of para-hydroxylation sites is 1. The second-order valence-corrected chi connectivity index (χ2v) is 6.46. The number of hydrogen-bond donors (Lipinski definition) is 1. The van der Waals surface area contributed by atoms with E-state index < -0.39 is 6.03 Å². The number of anilines is 2. The maximum absolute atomic E-state index is 11.9. The summed E-state index contributed by atoms with van der Waals surface area (Å²) >= 11 is 15.5. The summed E-state index contributed by atoms with van der Waals surface area (Å²) in [6, 6.07) is 11.4. The first kappa shape index (κ1) is 16.8. The number of nitrogens with zero attached hydrogens (tertiary/aromatic N) is 2. The number of halogens is 3. The van der Waals surface area contributed by atoms with Crippen LogP contribution in [0.3, 0.4) is 0 Å². The summed E-state index contributed by atoms with van der Waals surface area (Å²) in [6.45, 7) is 0. The monoisotopic (exact) mass is 425 g/mol. The number of primary amides is 1. The van der Waals surface area contributed by atoms with Crippen molar-refractivity contribution >= 4 is 56.9 Å². The lowest BCUT2D eigenvalue weighted by molar-refractivity contribution is 0.255. The summed E-state index contributed by atoms with van der Waals surface area (Å²) in [5.74, 6) is 0. The normalized spacial score (nSPS) is 10.6. The minimum Gasteiger partial charge on any atom is -0.431 e. The van der Waals surface area contributed by atoms with Gasteiger partial charge in [-0.25, -0.2) is 9.69 Å². The number of aromatic nitrogens is 1. The van der Waals surface area contributed by atoms with Crippen LogP contribution >= 0.6 is 39.1 Å². The lowest BCUT2D eigenvalue weighted by Crippen LogP contribution is -2.31. The van der Waals surface area contributed by atoms with Crippen LogP contribution in [0, 0.1) is 0 Å². The van der Waals surface area contributed by atoms with Crippen molar-refractivity contribution in [3.63, 3.8) is 0 Å². The first-order valence-corrected chi connectivity index (χ1v) is 8.27. The highest BCUT2D eigenvalue weighted by molar-refractivity contribution is 9.10. The van der Waals surface area contributed by atoms with Crippen LogP contribution in [0.2, 0.25) is 10.0 Å². The van der Waals surface area contributed by atoms with E-state index in [0.717, 1.165) is 4.90 Å². The molecule has 0 saturated heterocycles. The van der Waals surface area contributed by atoms with Gasteiger partial charge in [0, 0.05) is 15.1 Å². The van der Waals surface area contributed by atoms with Crippen LogP contribution < -0.4 is 10.6 Å². The number of nitrogens with two attached hydrogens (primary N) is 1. The minimum absolute atomic E-state index is 0.0374. The van der Waals surface area contributed by atoms with Crippen molar-refractivity contribution in [1.82, 2.24) is 4.98 Å². The van der Waals surface area contributed by atoms with Crippen molar-refractivity contribution in [2.24, 2.45) is 5.73 Å². The molecule has 0 spiro atoms. The molecule has 0 aliphatic rings. The zero-order valence-electron chi connectivity index (χ0n) is 12.0. The van der Waals surface area contributed by atoms with Crippen molar-refractivity contribution in [3.05, 3.63) is 63.2 Å². The Kier molecular flexibility index (Phi) is 4.80. The zero-order chi connectivity index (χ0) is 17.3. The van der Waals surface area contributed by atoms with Crippen LogP contribution in [0.1, 0.15) is 0 Å². The Hall–Kier alpha value is -2.02. The molecule has 2 amide bonds. The van der Waals surface area contributed by atoms with Gasteiger partial charge < -0.3 is 10.2 Å². The second kappa shape index (κ2) is 6.84. The molecule has 0 radical (unpaired) electrons. The molecule has 0 aliphatic carbocycles. The average Bonchev–Trinajstić information content (AvgIpc) is 2.98. The van der Waals surface area contributed by atoms with Crippen molar-refractivity contribution in [3.8, 4) is 11.3 Å². The number of urea groups is 1. The third-order valence-electron chi connectivity index (χ3n) is 3.20. The fourth-order valence-electron chi connectivity index (χ4n) is 2.14. The summed E-state index contributed by atoms with van der Waals surface area (Å²) in [6.07, 6.45) is 1.40. The van der Waals surface area contributed by atoms with Gasteiger partial charge >= 0.3 is 12.0 Å².